The highest BCUT2D eigenvalue weighted by atomic mass is 16.5. The molecule has 0 aromatic carbocycles. The molecule has 4 rings (SSSR count). The number of carbonyl (C=O) groups is 2. The highest BCUT2D eigenvalue weighted by Gasteiger charge is 2.66. The molecule has 0 aromatic heterocycles. The number of rotatable bonds is 7. The second-order valence-electron chi connectivity index (χ2n) is 14.6. The van der Waals surface area contributed by atoms with Crippen LogP contribution >= 0.6 is 0 Å². The zero-order chi connectivity index (χ0) is 28.4. The maximum Gasteiger partial charge on any atom is 0.310 e. The molecule has 4 aliphatic rings. The van der Waals surface area contributed by atoms with E-state index in [9.17, 15) is 19.8 Å². The number of aliphatic hydroxyl groups is 1. The van der Waals surface area contributed by atoms with E-state index in [0.717, 1.165) is 63.4 Å². The third-order valence-electron chi connectivity index (χ3n) is 12.7. The van der Waals surface area contributed by atoms with Crippen molar-refractivity contribution in [3.05, 3.63) is 23.3 Å². The first-order valence-corrected chi connectivity index (χ1v) is 15.0. The molecule has 0 amide bonds. The maximum atomic E-state index is 12.0. The molecular weight excluding hydrogens is 476 g/mol. The zero-order valence-electron chi connectivity index (χ0n) is 25.2. The SMILES string of the molecule is C=C(CCC(C)[C@H]1CC[C@@]2(C)C3=C(C[C@H](O)[C@]12C)[C@@]1(C)CC[C@@H](OC(C)=O)C(C)(C)C1CC3)[C@H](C)C(=O)O. The quantitative estimate of drug-likeness (QED) is 0.267. The Morgan fingerprint density at radius 3 is 2.32 bits per heavy atom. The van der Waals surface area contributed by atoms with Gasteiger partial charge in [0, 0.05) is 17.8 Å². The zero-order valence-corrected chi connectivity index (χ0v) is 25.2. The third kappa shape index (κ3) is 4.21. The number of hydrogen-bond acceptors (Lipinski definition) is 4. The fourth-order valence-corrected chi connectivity index (χ4v) is 10.0. The summed E-state index contributed by atoms with van der Waals surface area (Å²) in [6.45, 7) is 21.4. The van der Waals surface area contributed by atoms with Gasteiger partial charge < -0.3 is 14.9 Å². The molecule has 0 aromatic rings. The van der Waals surface area contributed by atoms with Crippen molar-refractivity contribution in [1.82, 2.24) is 0 Å². The first kappa shape index (κ1) is 29.4. The van der Waals surface area contributed by atoms with E-state index in [2.05, 4.69) is 48.1 Å². The smallest absolute Gasteiger partial charge is 0.310 e. The lowest BCUT2D eigenvalue weighted by Gasteiger charge is -2.63. The molecule has 5 heteroatoms. The van der Waals surface area contributed by atoms with Crippen molar-refractivity contribution in [3.8, 4) is 0 Å². The van der Waals surface area contributed by atoms with Gasteiger partial charge in [0.05, 0.1) is 12.0 Å². The molecule has 9 atom stereocenters. The summed E-state index contributed by atoms with van der Waals surface area (Å²) in [6.07, 6.45) is 8.18. The number of aliphatic carboxylic acids is 1. The predicted octanol–water partition coefficient (Wildman–Crippen LogP) is 7.33. The summed E-state index contributed by atoms with van der Waals surface area (Å²) < 4.78 is 5.83. The lowest BCUT2D eigenvalue weighted by molar-refractivity contribution is -0.168. The molecule has 2 saturated carbocycles. The molecule has 0 saturated heterocycles. The van der Waals surface area contributed by atoms with Crippen molar-refractivity contribution in [1.29, 1.82) is 0 Å². The van der Waals surface area contributed by atoms with Crippen LogP contribution in [0.25, 0.3) is 0 Å². The molecule has 38 heavy (non-hydrogen) atoms. The Morgan fingerprint density at radius 1 is 1.05 bits per heavy atom. The minimum absolute atomic E-state index is 0.0213. The summed E-state index contributed by atoms with van der Waals surface area (Å²) in [6, 6.07) is 0. The monoisotopic (exact) mass is 528 g/mol. The van der Waals surface area contributed by atoms with Crippen LogP contribution in [0.2, 0.25) is 0 Å². The summed E-state index contributed by atoms with van der Waals surface area (Å²) >= 11 is 0. The number of carboxylic acid groups (broad SMARTS) is 1. The number of ether oxygens (including phenoxy) is 1. The minimum atomic E-state index is -0.806. The predicted molar refractivity (Wildman–Crippen MR) is 150 cm³/mol. The maximum absolute atomic E-state index is 12.0. The van der Waals surface area contributed by atoms with E-state index in [-0.39, 0.29) is 33.7 Å². The van der Waals surface area contributed by atoms with Crippen molar-refractivity contribution in [2.75, 3.05) is 0 Å². The van der Waals surface area contributed by atoms with Crippen LogP contribution in [0.5, 0.6) is 0 Å². The fourth-order valence-electron chi connectivity index (χ4n) is 10.0. The Hall–Kier alpha value is -1.62. The van der Waals surface area contributed by atoms with Gasteiger partial charge in [0.15, 0.2) is 0 Å². The van der Waals surface area contributed by atoms with E-state index >= 15 is 0 Å². The number of fused-ring (bicyclic) bond motifs is 4. The van der Waals surface area contributed by atoms with Gasteiger partial charge in [-0.15, -0.1) is 0 Å². The van der Waals surface area contributed by atoms with Crippen molar-refractivity contribution < 1.29 is 24.5 Å². The van der Waals surface area contributed by atoms with Crippen LogP contribution < -0.4 is 0 Å². The molecule has 5 nitrogen and oxygen atoms in total. The van der Waals surface area contributed by atoms with Gasteiger partial charge in [-0.1, -0.05) is 64.8 Å². The van der Waals surface area contributed by atoms with Crippen molar-refractivity contribution in [2.45, 2.75) is 125 Å². The van der Waals surface area contributed by atoms with E-state index in [1.807, 2.05) is 0 Å². The first-order valence-electron chi connectivity index (χ1n) is 15.0. The summed E-state index contributed by atoms with van der Waals surface area (Å²) in [4.78, 5) is 23.3. The minimum Gasteiger partial charge on any atom is -0.481 e. The molecule has 2 unspecified atom stereocenters. The lowest BCUT2D eigenvalue weighted by atomic mass is 9.42. The molecule has 0 spiro atoms. The Kier molecular flexibility index (Phi) is 7.56. The lowest BCUT2D eigenvalue weighted by Crippen LogP contribution is -2.58. The van der Waals surface area contributed by atoms with Crippen molar-refractivity contribution in [3.63, 3.8) is 0 Å². The fraction of sp³-hybridized carbons (Fsp3) is 0.818. The van der Waals surface area contributed by atoms with Crippen molar-refractivity contribution in [2.24, 2.45) is 45.3 Å². The number of hydrogen-bond donors (Lipinski definition) is 2. The van der Waals surface area contributed by atoms with Gasteiger partial charge in [0.25, 0.3) is 0 Å². The largest absolute Gasteiger partial charge is 0.481 e. The number of carbonyl (C=O) groups excluding carboxylic acids is 1. The van der Waals surface area contributed by atoms with Crippen LogP contribution in [0, 0.1) is 45.3 Å². The van der Waals surface area contributed by atoms with Crippen molar-refractivity contribution >= 4 is 11.9 Å². The Bertz CT molecular complexity index is 1020. The molecule has 2 N–H and O–H groups in total. The van der Waals surface area contributed by atoms with E-state index in [1.54, 1.807) is 12.5 Å². The molecular formula is C33H52O5. The van der Waals surface area contributed by atoms with Gasteiger partial charge in [-0.25, -0.2) is 0 Å². The molecule has 0 radical (unpaired) electrons. The van der Waals surface area contributed by atoms with Crippen LogP contribution in [0.4, 0.5) is 0 Å². The summed E-state index contributed by atoms with van der Waals surface area (Å²) in [5.41, 5.74) is 3.60. The highest BCUT2D eigenvalue weighted by Crippen LogP contribution is 2.72. The topological polar surface area (TPSA) is 83.8 Å². The molecule has 0 bridgehead atoms. The van der Waals surface area contributed by atoms with Gasteiger partial charge >= 0.3 is 11.9 Å². The average molecular weight is 529 g/mol. The number of esters is 1. The van der Waals surface area contributed by atoms with Crippen LogP contribution in [-0.4, -0.2) is 34.4 Å². The molecule has 214 valence electrons. The van der Waals surface area contributed by atoms with Crippen LogP contribution in [0.3, 0.4) is 0 Å². The molecule has 0 heterocycles. The number of aliphatic hydroxyl groups excluding tert-OH is 1. The van der Waals surface area contributed by atoms with E-state index in [1.165, 1.54) is 12.5 Å². The first-order chi connectivity index (χ1) is 17.5. The standard InChI is InChI=1S/C33H52O5/c1-19(21(3)29(36)37)10-11-20(2)23-14-17-32(8)24-12-13-26-30(5,6)28(38-22(4)34)15-16-31(26,7)25(24)18-27(35)33(23,32)9/h20-21,23,26-28,35H,1,10-18H2,2-9H3,(H,36,37)/t20?,21-,23+,26?,27-,28+,31+,32-,33-/m0/s1. The van der Waals surface area contributed by atoms with Gasteiger partial charge in [0.2, 0.25) is 0 Å². The van der Waals surface area contributed by atoms with Gasteiger partial charge in [-0.2, -0.15) is 0 Å². The van der Waals surface area contributed by atoms with E-state index in [0.29, 0.717) is 17.8 Å². The molecule has 0 aliphatic heterocycles. The summed E-state index contributed by atoms with van der Waals surface area (Å²) in [5, 5.41) is 21.4. The second kappa shape index (κ2) is 9.78. The van der Waals surface area contributed by atoms with Gasteiger partial charge in [-0.05, 0) is 93.3 Å². The number of carboxylic acids is 1. The van der Waals surface area contributed by atoms with Crippen LogP contribution in [0.1, 0.15) is 113 Å². The van der Waals surface area contributed by atoms with Gasteiger partial charge in [-0.3, -0.25) is 9.59 Å². The van der Waals surface area contributed by atoms with Gasteiger partial charge in [0.1, 0.15) is 6.10 Å². The third-order valence-corrected chi connectivity index (χ3v) is 12.7. The number of allylic oxidation sites excluding steroid dienone is 1. The normalized spacial score (nSPS) is 41.4. The summed E-state index contributed by atoms with van der Waals surface area (Å²) in [5.74, 6) is -0.307. The Balaban J connectivity index is 1.62. The Morgan fingerprint density at radius 2 is 1.71 bits per heavy atom. The van der Waals surface area contributed by atoms with E-state index < -0.39 is 18.0 Å². The molecule has 2 fully saturated rings. The molecule has 4 aliphatic carbocycles. The van der Waals surface area contributed by atoms with E-state index in [4.69, 9.17) is 4.74 Å². The highest BCUT2D eigenvalue weighted by molar-refractivity contribution is 5.72. The van der Waals surface area contributed by atoms with Crippen LogP contribution in [-0.2, 0) is 14.3 Å². The van der Waals surface area contributed by atoms with Crippen LogP contribution in [0.15, 0.2) is 23.3 Å². The average Bonchev–Trinajstić information content (AvgIpc) is 3.12. The summed E-state index contributed by atoms with van der Waals surface area (Å²) in [7, 11) is 0. The Labute approximate surface area is 230 Å². The second-order valence-corrected chi connectivity index (χ2v) is 14.6.